The fraction of sp³-hybridized carbons (Fsp3) is 0.364. The van der Waals surface area contributed by atoms with Crippen LogP contribution in [0, 0.1) is 0 Å². The van der Waals surface area contributed by atoms with Crippen molar-refractivity contribution in [3.8, 4) is 5.75 Å². The maximum Gasteiger partial charge on any atom is 0.260 e. The van der Waals surface area contributed by atoms with E-state index in [1.54, 1.807) is 14.0 Å². The SMILES string of the molecule is CNC(=O)C(C)Oc1ccc(CN)cc1. The van der Waals surface area contributed by atoms with Gasteiger partial charge in [-0.2, -0.15) is 0 Å². The number of hydrogen-bond acceptors (Lipinski definition) is 3. The minimum atomic E-state index is -0.487. The number of carbonyl (C=O) groups is 1. The number of nitrogens with one attached hydrogen (secondary N) is 1. The summed E-state index contributed by atoms with van der Waals surface area (Å²) >= 11 is 0. The summed E-state index contributed by atoms with van der Waals surface area (Å²) in [4.78, 5) is 11.2. The van der Waals surface area contributed by atoms with Gasteiger partial charge in [-0.1, -0.05) is 12.1 Å². The van der Waals surface area contributed by atoms with Crippen molar-refractivity contribution in [2.75, 3.05) is 7.05 Å². The Morgan fingerprint density at radius 1 is 1.47 bits per heavy atom. The first-order valence-corrected chi connectivity index (χ1v) is 4.84. The Labute approximate surface area is 89.4 Å². The predicted octanol–water partition coefficient (Wildman–Crippen LogP) is 0.659. The van der Waals surface area contributed by atoms with Gasteiger partial charge in [0.2, 0.25) is 0 Å². The summed E-state index contributed by atoms with van der Waals surface area (Å²) in [5.74, 6) is 0.529. The van der Waals surface area contributed by atoms with Gasteiger partial charge >= 0.3 is 0 Å². The fourth-order valence-corrected chi connectivity index (χ4v) is 1.17. The Bertz CT molecular complexity index is 322. The van der Waals surface area contributed by atoms with Gasteiger partial charge in [-0.3, -0.25) is 4.79 Å². The highest BCUT2D eigenvalue weighted by molar-refractivity contribution is 5.80. The lowest BCUT2D eigenvalue weighted by atomic mass is 10.2. The van der Waals surface area contributed by atoms with Crippen LogP contribution in [-0.2, 0) is 11.3 Å². The second kappa shape index (κ2) is 5.36. The molecule has 1 unspecified atom stereocenters. The summed E-state index contributed by atoms with van der Waals surface area (Å²) in [5.41, 5.74) is 6.50. The monoisotopic (exact) mass is 208 g/mol. The van der Waals surface area contributed by atoms with Crippen LogP contribution in [0.2, 0.25) is 0 Å². The van der Waals surface area contributed by atoms with Crippen LogP contribution in [0.3, 0.4) is 0 Å². The molecule has 15 heavy (non-hydrogen) atoms. The van der Waals surface area contributed by atoms with Gasteiger partial charge in [0.1, 0.15) is 5.75 Å². The molecule has 0 aromatic heterocycles. The largest absolute Gasteiger partial charge is 0.481 e. The van der Waals surface area contributed by atoms with Gasteiger partial charge in [-0.25, -0.2) is 0 Å². The minimum Gasteiger partial charge on any atom is -0.481 e. The molecule has 4 nitrogen and oxygen atoms in total. The number of nitrogens with two attached hydrogens (primary N) is 1. The molecule has 0 aliphatic carbocycles. The second-order valence-electron chi connectivity index (χ2n) is 3.22. The third kappa shape index (κ3) is 3.25. The number of likely N-dealkylation sites (N-methyl/N-ethyl adjacent to an activating group) is 1. The van der Waals surface area contributed by atoms with E-state index in [1.807, 2.05) is 24.3 Å². The quantitative estimate of drug-likeness (QED) is 0.764. The van der Waals surface area contributed by atoms with E-state index >= 15 is 0 Å². The molecule has 0 heterocycles. The van der Waals surface area contributed by atoms with Crippen LogP contribution >= 0.6 is 0 Å². The summed E-state index contributed by atoms with van der Waals surface area (Å²) in [7, 11) is 1.58. The Morgan fingerprint density at radius 2 is 2.07 bits per heavy atom. The van der Waals surface area contributed by atoms with E-state index in [0.29, 0.717) is 12.3 Å². The molecule has 1 aromatic carbocycles. The number of amides is 1. The first-order valence-electron chi connectivity index (χ1n) is 4.84. The number of hydrogen-bond donors (Lipinski definition) is 2. The Balaban J connectivity index is 2.60. The van der Waals surface area contributed by atoms with Crippen LogP contribution in [0.1, 0.15) is 12.5 Å². The van der Waals surface area contributed by atoms with E-state index in [-0.39, 0.29) is 5.91 Å². The Hall–Kier alpha value is -1.55. The van der Waals surface area contributed by atoms with Gasteiger partial charge in [0.25, 0.3) is 5.91 Å². The highest BCUT2D eigenvalue weighted by Gasteiger charge is 2.11. The number of ether oxygens (including phenoxy) is 1. The van der Waals surface area contributed by atoms with Crippen molar-refractivity contribution in [3.63, 3.8) is 0 Å². The molecule has 82 valence electrons. The summed E-state index contributed by atoms with van der Waals surface area (Å²) in [6.45, 7) is 2.21. The standard InChI is InChI=1S/C11H16N2O2/c1-8(11(14)13-2)15-10-5-3-9(7-12)4-6-10/h3-6,8H,7,12H2,1-2H3,(H,13,14). The predicted molar refractivity (Wildman–Crippen MR) is 58.5 cm³/mol. The van der Waals surface area contributed by atoms with Gasteiger partial charge in [-0.15, -0.1) is 0 Å². The van der Waals surface area contributed by atoms with Crippen molar-refractivity contribution >= 4 is 5.91 Å². The average molecular weight is 208 g/mol. The minimum absolute atomic E-state index is 0.141. The van der Waals surface area contributed by atoms with E-state index in [1.165, 1.54) is 0 Å². The summed E-state index contributed by atoms with van der Waals surface area (Å²) < 4.78 is 5.41. The summed E-state index contributed by atoms with van der Waals surface area (Å²) in [6.07, 6.45) is -0.487. The molecule has 0 fully saturated rings. The van der Waals surface area contributed by atoms with Crippen LogP contribution in [0.25, 0.3) is 0 Å². The molecule has 0 aliphatic heterocycles. The molecule has 1 atom stereocenters. The molecule has 0 saturated carbocycles. The molecule has 0 radical (unpaired) electrons. The topological polar surface area (TPSA) is 64.3 Å². The molecule has 1 aromatic rings. The zero-order chi connectivity index (χ0) is 11.3. The number of carbonyl (C=O) groups excluding carboxylic acids is 1. The van der Waals surface area contributed by atoms with Crippen molar-refractivity contribution in [2.45, 2.75) is 19.6 Å². The van der Waals surface area contributed by atoms with Crippen molar-refractivity contribution in [1.29, 1.82) is 0 Å². The van der Waals surface area contributed by atoms with Crippen LogP contribution in [0.15, 0.2) is 24.3 Å². The first-order chi connectivity index (χ1) is 7.17. The summed E-state index contributed by atoms with van der Waals surface area (Å²) in [5, 5.41) is 2.52. The Kier molecular flexibility index (Phi) is 4.12. The molecule has 4 heteroatoms. The first kappa shape index (κ1) is 11.5. The van der Waals surface area contributed by atoms with E-state index in [2.05, 4.69) is 5.32 Å². The summed E-state index contributed by atoms with van der Waals surface area (Å²) in [6, 6.07) is 7.38. The van der Waals surface area contributed by atoms with Crippen LogP contribution < -0.4 is 15.8 Å². The lowest BCUT2D eigenvalue weighted by molar-refractivity contribution is -0.126. The molecule has 0 spiro atoms. The Morgan fingerprint density at radius 3 is 2.53 bits per heavy atom. The highest BCUT2D eigenvalue weighted by Crippen LogP contribution is 2.13. The lowest BCUT2D eigenvalue weighted by Crippen LogP contribution is -2.33. The van der Waals surface area contributed by atoms with Crippen molar-refractivity contribution in [3.05, 3.63) is 29.8 Å². The van der Waals surface area contributed by atoms with E-state index in [0.717, 1.165) is 5.56 Å². The normalized spacial score (nSPS) is 11.9. The molecular weight excluding hydrogens is 192 g/mol. The average Bonchev–Trinajstić information content (AvgIpc) is 2.29. The molecule has 0 bridgehead atoms. The molecule has 1 amide bonds. The zero-order valence-electron chi connectivity index (χ0n) is 8.99. The second-order valence-corrected chi connectivity index (χ2v) is 3.22. The number of rotatable bonds is 4. The van der Waals surface area contributed by atoms with E-state index in [4.69, 9.17) is 10.5 Å². The smallest absolute Gasteiger partial charge is 0.260 e. The molecular formula is C11H16N2O2. The van der Waals surface area contributed by atoms with Gasteiger partial charge in [0.15, 0.2) is 6.10 Å². The third-order valence-electron chi connectivity index (χ3n) is 2.09. The highest BCUT2D eigenvalue weighted by atomic mass is 16.5. The lowest BCUT2D eigenvalue weighted by Gasteiger charge is -2.13. The zero-order valence-corrected chi connectivity index (χ0v) is 8.99. The molecule has 3 N–H and O–H groups in total. The van der Waals surface area contributed by atoms with Gasteiger partial charge in [0, 0.05) is 13.6 Å². The van der Waals surface area contributed by atoms with Crippen molar-refractivity contribution in [2.24, 2.45) is 5.73 Å². The maximum absolute atomic E-state index is 11.2. The maximum atomic E-state index is 11.2. The molecule has 0 saturated heterocycles. The van der Waals surface area contributed by atoms with Crippen LogP contribution in [0.4, 0.5) is 0 Å². The van der Waals surface area contributed by atoms with Gasteiger partial charge < -0.3 is 15.8 Å². The van der Waals surface area contributed by atoms with Crippen molar-refractivity contribution < 1.29 is 9.53 Å². The molecule has 1 rings (SSSR count). The molecule has 0 aliphatic rings. The fourth-order valence-electron chi connectivity index (χ4n) is 1.17. The van der Waals surface area contributed by atoms with E-state index in [9.17, 15) is 4.79 Å². The number of benzene rings is 1. The van der Waals surface area contributed by atoms with Crippen LogP contribution in [0.5, 0.6) is 5.75 Å². The third-order valence-corrected chi connectivity index (χ3v) is 2.09. The van der Waals surface area contributed by atoms with Crippen molar-refractivity contribution in [1.82, 2.24) is 5.32 Å². The van der Waals surface area contributed by atoms with Gasteiger partial charge in [-0.05, 0) is 24.6 Å². The van der Waals surface area contributed by atoms with E-state index < -0.39 is 6.10 Å². The van der Waals surface area contributed by atoms with Crippen LogP contribution in [-0.4, -0.2) is 19.1 Å². The van der Waals surface area contributed by atoms with Gasteiger partial charge in [0.05, 0.1) is 0 Å².